The van der Waals surface area contributed by atoms with Gasteiger partial charge in [-0.05, 0) is 5.56 Å². The van der Waals surface area contributed by atoms with Crippen LogP contribution in [0.1, 0.15) is 11.3 Å². The maximum absolute atomic E-state index is 9.13. The standard InChI is InChI=1S/C13H18N4O/c1-16-13(9-14-15-16)11-17(7-8-18)10-12-5-3-2-4-6-12/h2-6,9,18H,7-8,10-11H2,1H3. The van der Waals surface area contributed by atoms with Gasteiger partial charge in [0.25, 0.3) is 0 Å². The van der Waals surface area contributed by atoms with Gasteiger partial charge in [-0.1, -0.05) is 35.5 Å². The third-order valence-corrected chi connectivity index (χ3v) is 2.86. The van der Waals surface area contributed by atoms with Crippen molar-refractivity contribution in [2.24, 2.45) is 7.05 Å². The molecule has 1 heterocycles. The summed E-state index contributed by atoms with van der Waals surface area (Å²) in [6, 6.07) is 10.2. The number of benzene rings is 1. The van der Waals surface area contributed by atoms with Crippen molar-refractivity contribution >= 4 is 0 Å². The molecule has 0 aliphatic rings. The van der Waals surface area contributed by atoms with Gasteiger partial charge in [-0.3, -0.25) is 9.58 Å². The highest BCUT2D eigenvalue weighted by Crippen LogP contribution is 2.08. The van der Waals surface area contributed by atoms with Gasteiger partial charge < -0.3 is 5.11 Å². The lowest BCUT2D eigenvalue weighted by Gasteiger charge is -2.21. The first-order chi connectivity index (χ1) is 8.79. The number of hydrogen-bond acceptors (Lipinski definition) is 4. The van der Waals surface area contributed by atoms with E-state index in [1.54, 1.807) is 10.9 Å². The normalized spacial score (nSPS) is 11.1. The van der Waals surface area contributed by atoms with E-state index < -0.39 is 0 Å². The Morgan fingerprint density at radius 1 is 1.22 bits per heavy atom. The molecule has 0 bridgehead atoms. The summed E-state index contributed by atoms with van der Waals surface area (Å²) < 4.78 is 1.76. The monoisotopic (exact) mass is 246 g/mol. The number of aliphatic hydroxyl groups excluding tert-OH is 1. The van der Waals surface area contributed by atoms with Crippen LogP contribution in [0.3, 0.4) is 0 Å². The molecule has 0 aliphatic carbocycles. The van der Waals surface area contributed by atoms with Gasteiger partial charge in [-0.25, -0.2) is 0 Å². The number of aromatic nitrogens is 3. The zero-order chi connectivity index (χ0) is 12.8. The van der Waals surface area contributed by atoms with E-state index in [0.717, 1.165) is 18.8 Å². The zero-order valence-electron chi connectivity index (χ0n) is 10.5. The molecule has 0 fully saturated rings. The lowest BCUT2D eigenvalue weighted by Crippen LogP contribution is -2.27. The highest BCUT2D eigenvalue weighted by atomic mass is 16.3. The van der Waals surface area contributed by atoms with Gasteiger partial charge in [0.05, 0.1) is 18.5 Å². The van der Waals surface area contributed by atoms with Crippen LogP contribution in [-0.2, 0) is 20.1 Å². The van der Waals surface area contributed by atoms with Crippen LogP contribution in [0.15, 0.2) is 36.5 Å². The molecule has 0 unspecified atom stereocenters. The van der Waals surface area contributed by atoms with E-state index in [1.165, 1.54) is 5.56 Å². The Balaban J connectivity index is 2.02. The number of aryl methyl sites for hydroxylation is 1. The molecule has 96 valence electrons. The van der Waals surface area contributed by atoms with E-state index in [2.05, 4.69) is 27.3 Å². The van der Waals surface area contributed by atoms with Crippen molar-refractivity contribution in [3.05, 3.63) is 47.8 Å². The maximum atomic E-state index is 9.13. The van der Waals surface area contributed by atoms with Gasteiger partial charge in [0.2, 0.25) is 0 Å². The Bertz CT molecular complexity index is 469. The fraction of sp³-hybridized carbons (Fsp3) is 0.385. The van der Waals surface area contributed by atoms with Gasteiger partial charge in [-0.15, -0.1) is 5.10 Å². The molecule has 0 spiro atoms. The van der Waals surface area contributed by atoms with E-state index in [0.29, 0.717) is 6.54 Å². The van der Waals surface area contributed by atoms with Crippen molar-refractivity contribution in [3.8, 4) is 0 Å². The lowest BCUT2D eigenvalue weighted by molar-refractivity contribution is 0.181. The van der Waals surface area contributed by atoms with E-state index >= 15 is 0 Å². The molecule has 2 aromatic rings. The van der Waals surface area contributed by atoms with Crippen molar-refractivity contribution < 1.29 is 5.11 Å². The van der Waals surface area contributed by atoms with Crippen molar-refractivity contribution in [1.29, 1.82) is 0 Å². The summed E-state index contributed by atoms with van der Waals surface area (Å²) in [6.45, 7) is 2.34. The molecule has 2 rings (SSSR count). The molecule has 1 aromatic heterocycles. The van der Waals surface area contributed by atoms with Gasteiger partial charge in [0.15, 0.2) is 0 Å². The average Bonchev–Trinajstić information content (AvgIpc) is 2.77. The van der Waals surface area contributed by atoms with Crippen molar-refractivity contribution in [3.63, 3.8) is 0 Å². The Morgan fingerprint density at radius 3 is 2.61 bits per heavy atom. The second kappa shape index (κ2) is 6.28. The molecule has 18 heavy (non-hydrogen) atoms. The predicted molar refractivity (Wildman–Crippen MR) is 68.6 cm³/mol. The molecule has 0 aliphatic heterocycles. The van der Waals surface area contributed by atoms with Gasteiger partial charge >= 0.3 is 0 Å². The predicted octanol–water partition coefficient (Wildman–Crippen LogP) is 0.810. The van der Waals surface area contributed by atoms with Gasteiger partial charge in [0, 0.05) is 26.7 Å². The molecule has 0 radical (unpaired) electrons. The highest BCUT2D eigenvalue weighted by molar-refractivity contribution is 5.14. The quantitative estimate of drug-likeness (QED) is 0.819. The van der Waals surface area contributed by atoms with Gasteiger partial charge in [0.1, 0.15) is 0 Å². The van der Waals surface area contributed by atoms with Crippen LogP contribution >= 0.6 is 0 Å². The SMILES string of the molecule is Cn1nncc1CN(CCO)Cc1ccccc1. The van der Waals surface area contributed by atoms with Crippen LogP contribution in [0, 0.1) is 0 Å². The lowest BCUT2D eigenvalue weighted by atomic mass is 10.2. The third kappa shape index (κ3) is 3.38. The van der Waals surface area contributed by atoms with Crippen LogP contribution in [0.2, 0.25) is 0 Å². The molecule has 0 amide bonds. The molecule has 5 nitrogen and oxygen atoms in total. The Morgan fingerprint density at radius 2 is 2.00 bits per heavy atom. The first-order valence-corrected chi connectivity index (χ1v) is 6.00. The average molecular weight is 246 g/mol. The minimum atomic E-state index is 0.151. The number of rotatable bonds is 6. The molecule has 0 saturated carbocycles. The van der Waals surface area contributed by atoms with Crippen LogP contribution in [0.25, 0.3) is 0 Å². The second-order valence-electron chi connectivity index (χ2n) is 4.27. The molecular weight excluding hydrogens is 228 g/mol. The van der Waals surface area contributed by atoms with Crippen LogP contribution < -0.4 is 0 Å². The van der Waals surface area contributed by atoms with E-state index in [1.807, 2.05) is 25.2 Å². The minimum Gasteiger partial charge on any atom is -0.395 e. The summed E-state index contributed by atoms with van der Waals surface area (Å²) in [5, 5.41) is 16.9. The molecule has 0 saturated heterocycles. The summed E-state index contributed by atoms with van der Waals surface area (Å²) in [4.78, 5) is 2.17. The number of nitrogens with zero attached hydrogens (tertiary/aromatic N) is 4. The molecule has 5 heteroatoms. The Hall–Kier alpha value is -1.72. The van der Waals surface area contributed by atoms with Crippen molar-refractivity contribution in [2.45, 2.75) is 13.1 Å². The summed E-state index contributed by atoms with van der Waals surface area (Å²) in [6.07, 6.45) is 1.76. The minimum absolute atomic E-state index is 0.151. The smallest absolute Gasteiger partial charge is 0.0738 e. The fourth-order valence-electron chi connectivity index (χ4n) is 1.88. The molecule has 1 N–H and O–H groups in total. The van der Waals surface area contributed by atoms with E-state index in [-0.39, 0.29) is 6.61 Å². The fourth-order valence-corrected chi connectivity index (χ4v) is 1.88. The molecular formula is C13H18N4O. The Kier molecular flexibility index (Phi) is 4.44. The van der Waals surface area contributed by atoms with Crippen molar-refractivity contribution in [1.82, 2.24) is 19.9 Å². The van der Waals surface area contributed by atoms with Crippen LogP contribution in [0.4, 0.5) is 0 Å². The molecule has 0 atom stereocenters. The first kappa shape index (κ1) is 12.7. The first-order valence-electron chi connectivity index (χ1n) is 6.00. The summed E-state index contributed by atoms with van der Waals surface area (Å²) >= 11 is 0. The summed E-state index contributed by atoms with van der Waals surface area (Å²) in [5.74, 6) is 0. The van der Waals surface area contributed by atoms with E-state index in [4.69, 9.17) is 5.11 Å². The number of hydrogen-bond donors (Lipinski definition) is 1. The molecule has 1 aromatic carbocycles. The largest absolute Gasteiger partial charge is 0.395 e. The highest BCUT2D eigenvalue weighted by Gasteiger charge is 2.09. The van der Waals surface area contributed by atoms with Gasteiger partial charge in [-0.2, -0.15) is 0 Å². The third-order valence-electron chi connectivity index (χ3n) is 2.86. The zero-order valence-corrected chi connectivity index (χ0v) is 10.5. The summed E-state index contributed by atoms with van der Waals surface area (Å²) in [7, 11) is 1.88. The van der Waals surface area contributed by atoms with Crippen LogP contribution in [0.5, 0.6) is 0 Å². The van der Waals surface area contributed by atoms with Crippen molar-refractivity contribution in [2.75, 3.05) is 13.2 Å². The second-order valence-corrected chi connectivity index (χ2v) is 4.27. The summed E-state index contributed by atoms with van der Waals surface area (Å²) in [5.41, 5.74) is 2.28. The number of aliphatic hydroxyl groups is 1. The Labute approximate surface area is 107 Å². The topological polar surface area (TPSA) is 54.2 Å². The maximum Gasteiger partial charge on any atom is 0.0738 e. The van der Waals surface area contributed by atoms with E-state index in [9.17, 15) is 0 Å². The van der Waals surface area contributed by atoms with Crippen LogP contribution in [-0.4, -0.2) is 38.2 Å².